The highest BCUT2D eigenvalue weighted by Gasteiger charge is 2.19. The third-order valence-electron chi connectivity index (χ3n) is 4.37. The van der Waals surface area contributed by atoms with Gasteiger partial charge < -0.3 is 9.52 Å². The van der Waals surface area contributed by atoms with Gasteiger partial charge in [-0.3, -0.25) is 5.32 Å². The number of hydrazone groups is 1. The number of aromatic hydroxyl groups is 1. The maximum absolute atomic E-state index is 12.0. The number of phenolic OH excluding ortho intramolecular Hbond substituents is 1. The molecule has 0 saturated heterocycles. The zero-order chi connectivity index (χ0) is 19.4. The largest absolute Gasteiger partial charge is 0.507 e. The molecule has 0 aliphatic heterocycles. The number of phenols is 1. The minimum Gasteiger partial charge on any atom is -0.507 e. The Balaban J connectivity index is 1.63. The first-order valence-electron chi connectivity index (χ1n) is 8.52. The van der Waals surface area contributed by atoms with Crippen molar-refractivity contribution in [3.05, 3.63) is 48.1 Å². The molecule has 0 radical (unpaired) electrons. The average molecular weight is 367 g/mol. The van der Waals surface area contributed by atoms with Crippen LogP contribution in [0.3, 0.4) is 0 Å². The molecule has 8 nitrogen and oxygen atoms in total. The molecule has 1 aromatic carbocycles. The maximum atomic E-state index is 12.0. The highest BCUT2D eigenvalue weighted by molar-refractivity contribution is 6.01. The molecule has 0 saturated carbocycles. The average Bonchev–Trinajstić information content (AvgIpc) is 3.09. The molecular formula is C19H21N5O3. The normalized spacial score (nSPS) is 18.1. The Hall–Kier alpha value is -3.42. The number of carbonyl (C=O) groups excluding carboxylic acids is 1. The molecule has 1 unspecified atom stereocenters. The lowest BCUT2D eigenvalue weighted by atomic mass is 9.85. The molecule has 2 aromatic rings. The Morgan fingerprint density at radius 3 is 2.89 bits per heavy atom. The van der Waals surface area contributed by atoms with Gasteiger partial charge in [-0.15, -0.1) is 5.10 Å². The molecular weight excluding hydrogens is 346 g/mol. The SMILES string of the molecule is C=C(C)C1CC=C(C)/C(=N/NC(=O)Nc2nnc(-c3ccccc3O)o2)C1. The lowest BCUT2D eigenvalue weighted by Gasteiger charge is -2.22. The summed E-state index contributed by atoms with van der Waals surface area (Å²) in [7, 11) is 0. The van der Waals surface area contributed by atoms with Crippen LogP contribution in [-0.4, -0.2) is 27.0 Å². The van der Waals surface area contributed by atoms with Crippen molar-refractivity contribution in [2.24, 2.45) is 11.0 Å². The van der Waals surface area contributed by atoms with Gasteiger partial charge in [-0.1, -0.05) is 35.5 Å². The fourth-order valence-corrected chi connectivity index (χ4v) is 2.70. The van der Waals surface area contributed by atoms with E-state index in [-0.39, 0.29) is 17.7 Å². The van der Waals surface area contributed by atoms with E-state index in [1.54, 1.807) is 18.2 Å². The van der Waals surface area contributed by atoms with Crippen molar-refractivity contribution in [2.75, 3.05) is 5.32 Å². The monoisotopic (exact) mass is 367 g/mol. The van der Waals surface area contributed by atoms with Crippen molar-refractivity contribution in [2.45, 2.75) is 26.7 Å². The van der Waals surface area contributed by atoms with Gasteiger partial charge in [0, 0.05) is 0 Å². The molecule has 0 bridgehead atoms. The summed E-state index contributed by atoms with van der Waals surface area (Å²) in [6.45, 7) is 7.95. The predicted octanol–water partition coefficient (Wildman–Crippen LogP) is 3.85. The van der Waals surface area contributed by atoms with Crippen LogP contribution in [0.5, 0.6) is 5.75 Å². The Kier molecular flexibility index (Phi) is 5.35. The molecule has 2 amide bonds. The van der Waals surface area contributed by atoms with Gasteiger partial charge in [-0.05, 0) is 50.3 Å². The van der Waals surface area contributed by atoms with Crippen LogP contribution in [0.4, 0.5) is 10.8 Å². The van der Waals surface area contributed by atoms with E-state index in [9.17, 15) is 9.90 Å². The van der Waals surface area contributed by atoms with E-state index >= 15 is 0 Å². The molecule has 8 heteroatoms. The third-order valence-corrected chi connectivity index (χ3v) is 4.37. The molecule has 140 valence electrons. The second-order valence-electron chi connectivity index (χ2n) is 6.42. The van der Waals surface area contributed by atoms with E-state index in [0.29, 0.717) is 11.5 Å². The zero-order valence-electron chi connectivity index (χ0n) is 15.2. The van der Waals surface area contributed by atoms with Crippen molar-refractivity contribution in [1.29, 1.82) is 0 Å². The highest BCUT2D eigenvalue weighted by atomic mass is 16.4. The van der Waals surface area contributed by atoms with Gasteiger partial charge in [0.2, 0.25) is 0 Å². The van der Waals surface area contributed by atoms with Gasteiger partial charge in [-0.2, -0.15) is 5.10 Å². The summed E-state index contributed by atoms with van der Waals surface area (Å²) in [4.78, 5) is 12.0. The number of benzene rings is 1. The summed E-state index contributed by atoms with van der Waals surface area (Å²) in [6.07, 6.45) is 3.76. The Morgan fingerprint density at radius 2 is 2.15 bits per heavy atom. The molecule has 3 N–H and O–H groups in total. The van der Waals surface area contributed by atoms with E-state index in [4.69, 9.17) is 4.42 Å². The van der Waals surface area contributed by atoms with Crippen LogP contribution < -0.4 is 10.7 Å². The Labute approximate surface area is 156 Å². The summed E-state index contributed by atoms with van der Waals surface area (Å²) < 4.78 is 5.36. The zero-order valence-corrected chi connectivity index (χ0v) is 15.2. The minimum absolute atomic E-state index is 0.00942. The number of amides is 2. The van der Waals surface area contributed by atoms with E-state index < -0.39 is 6.03 Å². The number of hydrogen-bond acceptors (Lipinski definition) is 6. The number of aromatic nitrogens is 2. The van der Waals surface area contributed by atoms with Crippen LogP contribution >= 0.6 is 0 Å². The number of anilines is 1. The number of nitrogens with one attached hydrogen (secondary N) is 2. The van der Waals surface area contributed by atoms with Crippen LogP contribution in [0.25, 0.3) is 11.5 Å². The molecule has 3 rings (SSSR count). The topological polar surface area (TPSA) is 113 Å². The van der Waals surface area contributed by atoms with Crippen molar-refractivity contribution in [1.82, 2.24) is 15.6 Å². The van der Waals surface area contributed by atoms with Gasteiger partial charge in [0.1, 0.15) is 5.75 Å². The number of urea groups is 1. The summed E-state index contributed by atoms with van der Waals surface area (Å²) in [5.74, 6) is 0.439. The number of allylic oxidation sites excluding steroid dienone is 3. The molecule has 1 aliphatic carbocycles. The van der Waals surface area contributed by atoms with Crippen molar-refractivity contribution in [3.8, 4) is 17.2 Å². The van der Waals surface area contributed by atoms with E-state index in [0.717, 1.165) is 29.7 Å². The third kappa shape index (κ3) is 4.41. The number of hydrogen-bond donors (Lipinski definition) is 3. The number of nitrogens with zero attached hydrogens (tertiary/aromatic N) is 3. The molecule has 27 heavy (non-hydrogen) atoms. The van der Waals surface area contributed by atoms with E-state index in [2.05, 4.69) is 38.7 Å². The summed E-state index contributed by atoms with van der Waals surface area (Å²) in [5, 5.41) is 24.0. The highest BCUT2D eigenvalue weighted by Crippen LogP contribution is 2.28. The smallest absolute Gasteiger partial charge is 0.343 e. The maximum Gasteiger partial charge on any atom is 0.343 e. The van der Waals surface area contributed by atoms with Crippen molar-refractivity contribution >= 4 is 17.8 Å². The number of carbonyl (C=O) groups is 1. The van der Waals surface area contributed by atoms with Crippen LogP contribution in [0.15, 0.2) is 57.6 Å². The second kappa shape index (κ2) is 7.86. The van der Waals surface area contributed by atoms with Gasteiger partial charge in [-0.25, -0.2) is 10.2 Å². The van der Waals surface area contributed by atoms with Gasteiger partial charge >= 0.3 is 12.0 Å². The summed E-state index contributed by atoms with van der Waals surface area (Å²) in [5.41, 5.74) is 5.76. The van der Waals surface area contributed by atoms with Crippen LogP contribution in [-0.2, 0) is 0 Å². The first kappa shape index (κ1) is 18.4. The van der Waals surface area contributed by atoms with Crippen molar-refractivity contribution in [3.63, 3.8) is 0 Å². The Bertz CT molecular complexity index is 929. The van der Waals surface area contributed by atoms with Crippen molar-refractivity contribution < 1.29 is 14.3 Å². The Morgan fingerprint density at radius 1 is 1.37 bits per heavy atom. The van der Waals surface area contributed by atoms with Gasteiger partial charge in [0.05, 0.1) is 11.3 Å². The van der Waals surface area contributed by atoms with Crippen LogP contribution in [0.1, 0.15) is 26.7 Å². The predicted molar refractivity (Wildman–Crippen MR) is 102 cm³/mol. The lowest BCUT2D eigenvalue weighted by Crippen LogP contribution is -2.27. The fraction of sp³-hybridized carbons (Fsp3) is 0.263. The molecule has 1 atom stereocenters. The van der Waals surface area contributed by atoms with E-state index in [1.165, 1.54) is 6.07 Å². The number of para-hydroxylation sites is 1. The summed E-state index contributed by atoms with van der Waals surface area (Å²) in [6, 6.07) is 5.86. The lowest BCUT2D eigenvalue weighted by molar-refractivity contribution is 0.252. The molecule has 1 aliphatic rings. The van der Waals surface area contributed by atoms with Crippen LogP contribution in [0.2, 0.25) is 0 Å². The second-order valence-corrected chi connectivity index (χ2v) is 6.42. The first-order valence-corrected chi connectivity index (χ1v) is 8.52. The first-order chi connectivity index (χ1) is 12.9. The summed E-state index contributed by atoms with van der Waals surface area (Å²) >= 11 is 0. The fourth-order valence-electron chi connectivity index (χ4n) is 2.70. The molecule has 1 aromatic heterocycles. The molecule has 0 spiro atoms. The van der Waals surface area contributed by atoms with Gasteiger partial charge in [0.15, 0.2) is 0 Å². The van der Waals surface area contributed by atoms with E-state index in [1.807, 2.05) is 13.8 Å². The van der Waals surface area contributed by atoms with Crippen LogP contribution in [0, 0.1) is 5.92 Å². The molecule has 1 heterocycles. The number of rotatable bonds is 4. The minimum atomic E-state index is -0.597. The standard InChI is InChI=1S/C19H21N5O3/c1-11(2)13-9-8-12(3)15(10-13)21-23-18(26)20-19-24-22-17(27-19)14-6-4-5-7-16(14)25/h4-8,13,25H,1,9-10H2,2-3H3,(H2,20,23,24,26)/b21-15+. The van der Waals surface area contributed by atoms with Gasteiger partial charge in [0.25, 0.3) is 5.89 Å². The quantitative estimate of drug-likeness (QED) is 0.561. The molecule has 0 fully saturated rings.